The van der Waals surface area contributed by atoms with E-state index in [-0.39, 0.29) is 46.5 Å². The van der Waals surface area contributed by atoms with Gasteiger partial charge in [0.2, 0.25) is 5.85 Å². The predicted molar refractivity (Wildman–Crippen MR) is 180 cm³/mol. The van der Waals surface area contributed by atoms with Crippen molar-refractivity contribution in [2.24, 2.45) is 13.0 Å². The van der Waals surface area contributed by atoms with Crippen LogP contribution in [0.2, 0.25) is 5.02 Å². The van der Waals surface area contributed by atoms with Crippen LogP contribution in [0.1, 0.15) is 61.4 Å². The molecule has 12 heteroatoms. The summed E-state index contributed by atoms with van der Waals surface area (Å²) in [4.78, 5) is 44.5. The van der Waals surface area contributed by atoms with Gasteiger partial charge in [0.05, 0.1) is 48.1 Å². The van der Waals surface area contributed by atoms with Crippen molar-refractivity contribution in [2.45, 2.75) is 63.8 Å². The third-order valence-electron chi connectivity index (χ3n) is 9.84. The van der Waals surface area contributed by atoms with Gasteiger partial charge in [-0.25, -0.2) is 4.39 Å². The van der Waals surface area contributed by atoms with E-state index in [9.17, 15) is 14.4 Å². The summed E-state index contributed by atoms with van der Waals surface area (Å²) in [5.74, 6) is -3.11. The average Bonchev–Trinajstić information content (AvgIpc) is 3.76. The Balaban J connectivity index is 1.25. The first kappa shape index (κ1) is 34.5. The molecule has 1 amide bonds. The van der Waals surface area contributed by atoms with Crippen molar-refractivity contribution >= 4 is 45.9 Å². The fraction of sp³-hybridized carbons (Fsp3) is 0.528. The molecular weight excluding hydrogens is 639 g/mol. The number of likely N-dealkylation sites (tertiary alicyclic amines) is 1. The molecule has 3 aliphatic rings. The van der Waals surface area contributed by atoms with E-state index < -0.39 is 17.6 Å². The van der Waals surface area contributed by atoms with E-state index in [2.05, 4.69) is 10.2 Å². The minimum atomic E-state index is -1.41. The first-order valence-electron chi connectivity index (χ1n) is 17.0. The molecule has 0 spiro atoms. The van der Waals surface area contributed by atoms with Gasteiger partial charge in [-0.05, 0) is 69.2 Å². The van der Waals surface area contributed by atoms with Crippen molar-refractivity contribution in [3.8, 4) is 0 Å². The van der Waals surface area contributed by atoms with Gasteiger partial charge < -0.3 is 24.1 Å². The number of benzene rings is 2. The second-order valence-corrected chi connectivity index (χ2v) is 13.3. The van der Waals surface area contributed by atoms with Crippen LogP contribution >= 0.6 is 11.6 Å². The Bertz CT molecular complexity index is 1640. The second kappa shape index (κ2) is 15.0. The van der Waals surface area contributed by atoms with Crippen LogP contribution in [0.15, 0.2) is 42.6 Å². The molecule has 1 aliphatic carbocycles. The van der Waals surface area contributed by atoms with E-state index >= 15 is 4.39 Å². The molecular formula is C36H44ClFN4O6. The lowest BCUT2D eigenvalue weighted by Crippen LogP contribution is -2.69. The van der Waals surface area contributed by atoms with Crippen LogP contribution in [0.25, 0.3) is 10.9 Å². The van der Waals surface area contributed by atoms with Gasteiger partial charge in [0, 0.05) is 56.7 Å². The average molecular weight is 683 g/mol. The highest BCUT2D eigenvalue weighted by atomic mass is 35.5. The van der Waals surface area contributed by atoms with Gasteiger partial charge in [-0.3, -0.25) is 24.2 Å². The molecule has 2 aliphatic heterocycles. The number of aryl methyl sites for hydroxylation is 1. The first-order chi connectivity index (χ1) is 23.2. The zero-order valence-corrected chi connectivity index (χ0v) is 28.4. The number of nitrogens with zero attached hydrogens (tertiary/aromatic N) is 3. The topological polar surface area (TPSA) is 102 Å². The van der Waals surface area contributed by atoms with Gasteiger partial charge in [-0.2, -0.15) is 0 Å². The summed E-state index contributed by atoms with van der Waals surface area (Å²) in [6, 6.07) is 10.1. The molecule has 1 unspecified atom stereocenters. The number of esters is 1. The van der Waals surface area contributed by atoms with Crippen molar-refractivity contribution in [1.82, 2.24) is 14.4 Å². The number of fused-ring (bicyclic) bond motifs is 1. The zero-order valence-electron chi connectivity index (χ0n) is 27.6. The molecule has 3 heterocycles. The first-order valence-corrected chi connectivity index (χ1v) is 17.4. The van der Waals surface area contributed by atoms with Crippen molar-refractivity contribution in [1.29, 1.82) is 0 Å². The van der Waals surface area contributed by atoms with Gasteiger partial charge in [0.25, 0.3) is 5.91 Å². The lowest BCUT2D eigenvalue weighted by Gasteiger charge is -2.50. The number of aromatic nitrogens is 1. The van der Waals surface area contributed by atoms with Crippen LogP contribution in [0, 0.1) is 11.7 Å². The van der Waals surface area contributed by atoms with E-state index in [1.165, 1.54) is 12.1 Å². The van der Waals surface area contributed by atoms with Crippen LogP contribution in [-0.4, -0.2) is 90.0 Å². The van der Waals surface area contributed by atoms with Crippen molar-refractivity contribution in [3.05, 3.63) is 64.6 Å². The number of amides is 1. The molecule has 258 valence electrons. The van der Waals surface area contributed by atoms with Crippen LogP contribution in [0.3, 0.4) is 0 Å². The van der Waals surface area contributed by atoms with E-state index in [0.29, 0.717) is 77.2 Å². The minimum absolute atomic E-state index is 0.122. The van der Waals surface area contributed by atoms with Crippen LogP contribution in [0.5, 0.6) is 0 Å². The third-order valence-corrected chi connectivity index (χ3v) is 10.2. The number of hydrogen-bond donors (Lipinski definition) is 1. The summed E-state index contributed by atoms with van der Waals surface area (Å²) in [6.45, 7) is 5.37. The Labute approximate surface area is 285 Å². The van der Waals surface area contributed by atoms with Gasteiger partial charge in [-0.15, -0.1) is 0 Å². The molecule has 48 heavy (non-hydrogen) atoms. The van der Waals surface area contributed by atoms with Crippen LogP contribution < -0.4 is 5.32 Å². The Kier molecular flexibility index (Phi) is 10.8. The second-order valence-electron chi connectivity index (χ2n) is 12.9. The highest BCUT2D eigenvalue weighted by Crippen LogP contribution is 2.37. The number of ketones is 1. The number of morpholine rings is 1. The number of Topliss-reactive ketones (excluding diaryl/α,β-unsaturated/α-hetero) is 1. The van der Waals surface area contributed by atoms with Crippen molar-refractivity contribution in [3.63, 3.8) is 0 Å². The Hall–Kier alpha value is -3.35. The number of hydrogen-bond acceptors (Lipinski definition) is 8. The molecule has 3 fully saturated rings. The monoisotopic (exact) mass is 682 g/mol. The summed E-state index contributed by atoms with van der Waals surface area (Å²) in [5.41, 5.74) is 1.58. The lowest BCUT2D eigenvalue weighted by atomic mass is 9.87. The molecule has 2 aromatic carbocycles. The van der Waals surface area contributed by atoms with Gasteiger partial charge in [0.15, 0.2) is 5.78 Å². The van der Waals surface area contributed by atoms with Gasteiger partial charge >= 0.3 is 5.97 Å². The van der Waals surface area contributed by atoms with E-state index in [4.69, 9.17) is 25.8 Å². The summed E-state index contributed by atoms with van der Waals surface area (Å²) in [7, 11) is 1.86. The molecule has 0 radical (unpaired) electrons. The number of carbonyl (C=O) groups excluding carboxylic acids is 3. The van der Waals surface area contributed by atoms with Gasteiger partial charge in [0.1, 0.15) is 5.82 Å². The highest BCUT2D eigenvalue weighted by molar-refractivity contribution is 6.34. The number of nitrogens with one attached hydrogen (secondary N) is 1. The number of carbonyl (C=O) groups is 3. The van der Waals surface area contributed by atoms with Gasteiger partial charge in [-0.1, -0.05) is 29.8 Å². The molecule has 0 bridgehead atoms. The molecule has 1 aromatic heterocycles. The fourth-order valence-electron chi connectivity index (χ4n) is 7.38. The Morgan fingerprint density at radius 3 is 2.42 bits per heavy atom. The zero-order chi connectivity index (χ0) is 33.8. The molecule has 1 atom stereocenters. The number of para-hydroxylation sites is 1. The number of anilines is 1. The molecule has 3 aromatic rings. The fourth-order valence-corrected chi connectivity index (χ4v) is 7.62. The quantitative estimate of drug-likeness (QED) is 0.263. The van der Waals surface area contributed by atoms with Crippen LogP contribution in [0.4, 0.5) is 10.1 Å². The molecule has 1 N–H and O–H groups in total. The number of halogens is 2. The lowest BCUT2D eigenvalue weighted by molar-refractivity contribution is -0.265. The standard InChI is InChI=1S/C36H44ClFN4O6/c1-3-47-35(45)24-10-12-26(13-11-24)48-36(41-14-6-7-15-41,42-16-18-46-19-17-42)33(43)21-25-20-29(37)31(22-30(25)38)39-34(44)28-23-40(2)32-9-5-4-8-27(28)32/h4-5,8-9,20,22-24,26H,3,6-7,10-19,21H2,1-2H3,(H,39,44). The molecule has 6 rings (SSSR count). The summed E-state index contributed by atoms with van der Waals surface area (Å²) >= 11 is 6.64. The van der Waals surface area contributed by atoms with E-state index in [0.717, 1.165) is 23.7 Å². The van der Waals surface area contributed by atoms with Crippen molar-refractivity contribution in [2.75, 3.05) is 51.3 Å². The predicted octanol–water partition coefficient (Wildman–Crippen LogP) is 5.56. The summed E-state index contributed by atoms with van der Waals surface area (Å²) in [6.07, 6.45) is 5.51. The molecule has 1 saturated carbocycles. The minimum Gasteiger partial charge on any atom is -0.466 e. The SMILES string of the molecule is CCOC(=O)C1CCC(OC(C(=O)Cc2cc(Cl)c(NC(=O)c3cn(C)c4ccccc34)cc2F)(N2CCCC2)N2CCOCC2)CC1. The highest BCUT2D eigenvalue weighted by Gasteiger charge is 2.53. The normalized spacial score (nSPS) is 22.0. The summed E-state index contributed by atoms with van der Waals surface area (Å²) < 4.78 is 35.6. The Morgan fingerprint density at radius 2 is 1.71 bits per heavy atom. The molecule has 2 saturated heterocycles. The summed E-state index contributed by atoms with van der Waals surface area (Å²) in [5, 5.41) is 3.66. The third kappa shape index (κ3) is 7.02. The Morgan fingerprint density at radius 1 is 1.02 bits per heavy atom. The maximum absolute atomic E-state index is 15.9. The molecule has 10 nitrogen and oxygen atoms in total. The maximum atomic E-state index is 15.9. The van der Waals surface area contributed by atoms with E-state index in [1.807, 2.05) is 40.8 Å². The van der Waals surface area contributed by atoms with E-state index in [1.54, 1.807) is 13.1 Å². The van der Waals surface area contributed by atoms with Crippen LogP contribution in [-0.2, 0) is 37.3 Å². The smallest absolute Gasteiger partial charge is 0.308 e. The largest absolute Gasteiger partial charge is 0.466 e. The van der Waals surface area contributed by atoms with Crippen molar-refractivity contribution < 1.29 is 33.0 Å². The number of ether oxygens (including phenoxy) is 3. The maximum Gasteiger partial charge on any atom is 0.308 e. The number of rotatable bonds is 11.